The summed E-state index contributed by atoms with van der Waals surface area (Å²) in [6, 6.07) is 14.6. The molecule has 0 bridgehead atoms. The van der Waals surface area contributed by atoms with Crippen LogP contribution in [0.1, 0.15) is 51.2 Å². The Morgan fingerprint density at radius 3 is 1.93 bits per heavy atom. The van der Waals surface area contributed by atoms with Crippen LogP contribution in [-0.2, 0) is 16.9 Å². The predicted octanol–water partition coefficient (Wildman–Crippen LogP) is 9.23. The molecule has 43 heavy (non-hydrogen) atoms. The second-order valence-corrected chi connectivity index (χ2v) is 11.1. The Labute approximate surface area is 250 Å². The smallest absolute Gasteiger partial charge is 0.353 e. The Bertz CT molecular complexity index is 1220. The summed E-state index contributed by atoms with van der Waals surface area (Å²) in [4.78, 5) is 17.3. The second-order valence-electron chi connectivity index (χ2n) is 9.71. The number of pyridine rings is 1. The minimum Gasteiger partial charge on any atom is -0.353 e. The lowest BCUT2D eigenvalue weighted by Gasteiger charge is -2.34. The van der Waals surface area contributed by atoms with Gasteiger partial charge in [-0.15, -0.1) is 11.8 Å². The number of thioether (sulfide) groups is 1. The molecule has 1 heterocycles. The number of hydrogen-bond acceptors (Lipinski definition) is 3. The van der Waals surface area contributed by atoms with E-state index in [4.69, 9.17) is 0 Å². The fourth-order valence-corrected chi connectivity index (χ4v) is 5.81. The van der Waals surface area contributed by atoms with Crippen molar-refractivity contribution >= 4 is 17.7 Å². The summed E-state index contributed by atoms with van der Waals surface area (Å²) in [6.07, 6.45) is -5.16. The van der Waals surface area contributed by atoms with Crippen molar-refractivity contribution in [2.45, 2.75) is 80.7 Å². The fraction of sp³-hybridized carbons (Fsp3) is 0.419. The first kappa shape index (κ1) is 36.0. The zero-order valence-corrected chi connectivity index (χ0v) is 24.7. The van der Waals surface area contributed by atoms with Crippen LogP contribution in [0, 0.1) is 11.7 Å². The molecule has 1 aliphatic carbocycles. The van der Waals surface area contributed by atoms with Gasteiger partial charge in [-0.1, -0.05) is 51.1 Å². The van der Waals surface area contributed by atoms with Crippen molar-refractivity contribution in [2.24, 2.45) is 5.92 Å². The lowest BCUT2D eigenvalue weighted by Crippen LogP contribution is -2.50. The van der Waals surface area contributed by atoms with E-state index in [0.29, 0.717) is 29.7 Å². The van der Waals surface area contributed by atoms with E-state index in [1.165, 1.54) is 18.2 Å². The predicted molar refractivity (Wildman–Crippen MR) is 152 cm³/mol. The lowest BCUT2D eigenvalue weighted by atomic mass is 9.85. The van der Waals surface area contributed by atoms with Gasteiger partial charge in [-0.2, -0.15) is 26.3 Å². The number of benzene rings is 2. The molecule has 0 saturated heterocycles. The number of amides is 1. The van der Waals surface area contributed by atoms with Gasteiger partial charge in [0.05, 0.1) is 6.42 Å². The molecule has 1 aromatic heterocycles. The van der Waals surface area contributed by atoms with E-state index in [9.17, 15) is 39.9 Å². The number of rotatable bonds is 6. The van der Waals surface area contributed by atoms with Crippen molar-refractivity contribution in [3.8, 4) is 0 Å². The molecule has 1 amide bonds. The highest BCUT2D eigenvalue weighted by molar-refractivity contribution is 8.00. The van der Waals surface area contributed by atoms with E-state index >= 15 is 0 Å². The van der Waals surface area contributed by atoms with Gasteiger partial charge in [-0.3, -0.25) is 9.78 Å². The first-order valence-electron chi connectivity index (χ1n) is 13.7. The number of nitrogens with zero attached hydrogens (tertiary/aromatic N) is 1. The standard InChI is InChI=1S/C20H23FN2OS.C9H5F7.C2H6/c1-14-12-18(25-17-4-2-16(21)3-5-17)6-7-19(14)23-20(24)13-15-8-10-22-11-9-15;10-7(8(11,12)13,9(14,15)16)6-4-2-1-3-5-6;1-2/h2-5,8-11,14,18-19H,6-7,12-13H2,1H3,(H,23,24);1-5H;1-2H3/t14?,18-,19?;;/m1../s1. The Morgan fingerprint density at radius 1 is 0.860 bits per heavy atom. The third kappa shape index (κ3) is 10.2. The molecule has 2 aromatic carbocycles. The molecule has 0 aliphatic heterocycles. The average Bonchev–Trinajstić information content (AvgIpc) is 2.96. The molecule has 0 radical (unpaired) electrons. The fourth-order valence-electron chi connectivity index (χ4n) is 4.47. The van der Waals surface area contributed by atoms with Crippen molar-refractivity contribution in [3.63, 3.8) is 0 Å². The summed E-state index contributed by atoms with van der Waals surface area (Å²) < 4.78 is 99.4. The van der Waals surface area contributed by atoms with Gasteiger partial charge in [0, 0.05) is 34.1 Å². The largest absolute Gasteiger partial charge is 0.435 e. The van der Waals surface area contributed by atoms with Crippen LogP contribution in [0.3, 0.4) is 0 Å². The molecule has 2 unspecified atom stereocenters. The molecule has 1 aliphatic rings. The van der Waals surface area contributed by atoms with E-state index in [1.54, 1.807) is 12.4 Å². The normalized spacial score (nSPS) is 18.8. The molecular formula is C31H34F8N2OS. The van der Waals surface area contributed by atoms with Crippen LogP contribution in [0.5, 0.6) is 0 Å². The van der Waals surface area contributed by atoms with Crippen molar-refractivity contribution in [2.75, 3.05) is 0 Å². The summed E-state index contributed by atoms with van der Waals surface area (Å²) in [5.41, 5.74) is -5.82. The third-order valence-corrected chi connectivity index (χ3v) is 7.96. The van der Waals surface area contributed by atoms with Crippen LogP contribution in [0.15, 0.2) is 84.0 Å². The van der Waals surface area contributed by atoms with Gasteiger partial charge in [-0.05, 0) is 67.1 Å². The molecule has 1 fully saturated rings. The summed E-state index contributed by atoms with van der Waals surface area (Å²) in [5, 5.41) is 3.71. The zero-order valence-electron chi connectivity index (χ0n) is 23.9. The highest BCUT2D eigenvalue weighted by Crippen LogP contribution is 2.53. The number of carbonyl (C=O) groups is 1. The number of alkyl halides is 7. The Morgan fingerprint density at radius 2 is 1.42 bits per heavy atom. The van der Waals surface area contributed by atoms with Gasteiger partial charge in [-0.25, -0.2) is 8.78 Å². The van der Waals surface area contributed by atoms with Gasteiger partial charge in [0.25, 0.3) is 0 Å². The molecule has 3 atom stereocenters. The molecular weight excluding hydrogens is 600 g/mol. The third-order valence-electron chi connectivity index (χ3n) is 6.65. The maximum Gasteiger partial charge on any atom is 0.435 e. The number of nitrogens with one attached hydrogen (secondary N) is 1. The molecule has 236 valence electrons. The summed E-state index contributed by atoms with van der Waals surface area (Å²) in [6.45, 7) is 6.20. The molecule has 3 aromatic rings. The maximum atomic E-state index is 13.3. The molecule has 12 heteroatoms. The van der Waals surface area contributed by atoms with E-state index in [1.807, 2.05) is 49.9 Å². The van der Waals surface area contributed by atoms with Crippen molar-refractivity contribution < 1.29 is 39.9 Å². The second kappa shape index (κ2) is 16.1. The topological polar surface area (TPSA) is 42.0 Å². The van der Waals surface area contributed by atoms with Gasteiger partial charge in [0.1, 0.15) is 5.82 Å². The van der Waals surface area contributed by atoms with Crippen molar-refractivity contribution in [1.82, 2.24) is 10.3 Å². The number of hydrogen-bond donors (Lipinski definition) is 1. The molecule has 0 spiro atoms. The van der Waals surface area contributed by atoms with Crippen LogP contribution in [0.2, 0.25) is 0 Å². The molecule has 4 rings (SSSR count). The number of carbonyl (C=O) groups excluding carboxylic acids is 1. The highest BCUT2D eigenvalue weighted by Gasteiger charge is 2.73. The summed E-state index contributed by atoms with van der Waals surface area (Å²) >= 11 is 1.81. The Balaban J connectivity index is 0.000000310. The van der Waals surface area contributed by atoms with Crippen molar-refractivity contribution in [1.29, 1.82) is 0 Å². The average molecular weight is 635 g/mol. The first-order chi connectivity index (χ1) is 20.2. The minimum absolute atomic E-state index is 0.0766. The SMILES string of the molecule is CC.CC1C[C@H](Sc2ccc(F)cc2)CCC1NC(=O)Cc1ccncc1.FC(F)(F)C(F)(c1ccccc1)C(F)(F)F. The lowest BCUT2D eigenvalue weighted by molar-refractivity contribution is -0.348. The van der Waals surface area contributed by atoms with E-state index in [0.717, 1.165) is 41.9 Å². The molecule has 1 N–H and O–H groups in total. The maximum absolute atomic E-state index is 13.3. The molecule has 1 saturated carbocycles. The van der Waals surface area contributed by atoms with E-state index in [2.05, 4.69) is 17.2 Å². The van der Waals surface area contributed by atoms with Crippen molar-refractivity contribution in [3.05, 3.63) is 96.1 Å². The van der Waals surface area contributed by atoms with Crippen LogP contribution in [0.25, 0.3) is 0 Å². The zero-order chi connectivity index (χ0) is 32.3. The monoisotopic (exact) mass is 634 g/mol. The van der Waals surface area contributed by atoms with Crippen LogP contribution >= 0.6 is 11.8 Å². The van der Waals surface area contributed by atoms with Crippen LogP contribution < -0.4 is 5.32 Å². The van der Waals surface area contributed by atoms with E-state index < -0.39 is 23.6 Å². The summed E-state index contributed by atoms with van der Waals surface area (Å²) in [7, 11) is 0. The minimum atomic E-state index is -6.05. The number of aromatic nitrogens is 1. The summed E-state index contributed by atoms with van der Waals surface area (Å²) in [5.74, 6) is 0.319. The van der Waals surface area contributed by atoms with Crippen LogP contribution in [0.4, 0.5) is 35.1 Å². The first-order valence-corrected chi connectivity index (χ1v) is 14.6. The van der Waals surface area contributed by atoms with Gasteiger partial charge >= 0.3 is 18.0 Å². The van der Waals surface area contributed by atoms with Gasteiger partial charge in [0.15, 0.2) is 0 Å². The number of halogens is 8. The highest BCUT2D eigenvalue weighted by atomic mass is 32.2. The van der Waals surface area contributed by atoms with Crippen LogP contribution in [-0.4, -0.2) is 34.5 Å². The quantitative estimate of drug-likeness (QED) is 0.275. The van der Waals surface area contributed by atoms with Gasteiger partial charge in [0.2, 0.25) is 5.91 Å². The Hall–Kier alpha value is -3.15. The Kier molecular flexibility index (Phi) is 13.5. The molecule has 3 nitrogen and oxygen atoms in total. The van der Waals surface area contributed by atoms with E-state index in [-0.39, 0.29) is 17.8 Å². The van der Waals surface area contributed by atoms with Gasteiger partial charge < -0.3 is 5.32 Å².